The van der Waals surface area contributed by atoms with Gasteiger partial charge in [0.15, 0.2) is 0 Å². The fourth-order valence-corrected chi connectivity index (χ4v) is 2.26. The van der Waals surface area contributed by atoms with Crippen molar-refractivity contribution in [3.8, 4) is 5.75 Å². The summed E-state index contributed by atoms with van der Waals surface area (Å²) < 4.78 is 11.2. The highest BCUT2D eigenvalue weighted by Gasteiger charge is 2.20. The molecule has 18 heavy (non-hydrogen) atoms. The zero-order valence-electron chi connectivity index (χ0n) is 11.9. The molecule has 1 rings (SSSR count). The van der Waals surface area contributed by atoms with E-state index in [4.69, 9.17) is 9.47 Å². The molecular formula is C15H25NO2. The van der Waals surface area contributed by atoms with Gasteiger partial charge in [-0.25, -0.2) is 0 Å². The van der Waals surface area contributed by atoms with Gasteiger partial charge < -0.3 is 14.8 Å². The normalized spacial score (nSPS) is 14.2. The Bertz CT molecular complexity index is 341. The van der Waals surface area contributed by atoms with E-state index in [2.05, 4.69) is 18.3 Å². The minimum atomic E-state index is 0.241. The number of hydrogen-bond donors (Lipinski definition) is 1. The van der Waals surface area contributed by atoms with Crippen molar-refractivity contribution in [1.82, 2.24) is 5.32 Å². The highest BCUT2D eigenvalue weighted by molar-refractivity contribution is 5.34. The molecule has 1 aromatic carbocycles. The van der Waals surface area contributed by atoms with E-state index in [0.29, 0.717) is 6.04 Å². The van der Waals surface area contributed by atoms with Gasteiger partial charge in [0.2, 0.25) is 0 Å². The Morgan fingerprint density at radius 3 is 2.50 bits per heavy atom. The summed E-state index contributed by atoms with van der Waals surface area (Å²) in [5.41, 5.74) is 1.22. The van der Waals surface area contributed by atoms with Crippen LogP contribution in [0.25, 0.3) is 0 Å². The fraction of sp³-hybridized carbons (Fsp3) is 0.600. The van der Waals surface area contributed by atoms with Crippen molar-refractivity contribution in [2.75, 3.05) is 20.8 Å². The van der Waals surface area contributed by atoms with Gasteiger partial charge in [-0.2, -0.15) is 0 Å². The van der Waals surface area contributed by atoms with Crippen LogP contribution < -0.4 is 10.1 Å². The first-order valence-corrected chi connectivity index (χ1v) is 6.67. The molecule has 3 nitrogen and oxygen atoms in total. The summed E-state index contributed by atoms with van der Waals surface area (Å²) >= 11 is 0. The van der Waals surface area contributed by atoms with E-state index < -0.39 is 0 Å². The molecule has 0 aromatic heterocycles. The Morgan fingerprint density at radius 2 is 1.94 bits per heavy atom. The minimum Gasteiger partial charge on any atom is -0.496 e. The molecule has 1 aromatic rings. The van der Waals surface area contributed by atoms with Crippen LogP contribution in [0, 0.1) is 0 Å². The third-order valence-electron chi connectivity index (χ3n) is 3.24. The van der Waals surface area contributed by atoms with Crippen LogP contribution in [0.15, 0.2) is 24.3 Å². The van der Waals surface area contributed by atoms with Gasteiger partial charge in [0, 0.05) is 12.6 Å². The first kappa shape index (κ1) is 15.0. The molecule has 0 heterocycles. The highest BCUT2D eigenvalue weighted by atomic mass is 16.5. The number of para-hydroxylation sites is 1. The van der Waals surface area contributed by atoms with Gasteiger partial charge in [-0.3, -0.25) is 0 Å². The molecule has 0 saturated carbocycles. The number of methoxy groups -OCH3 is 1. The van der Waals surface area contributed by atoms with Gasteiger partial charge in [0.25, 0.3) is 0 Å². The molecule has 0 aliphatic rings. The van der Waals surface area contributed by atoms with Crippen molar-refractivity contribution in [3.63, 3.8) is 0 Å². The molecule has 0 bridgehead atoms. The number of likely N-dealkylation sites (N-methyl/N-ethyl adjacent to an activating group) is 1. The van der Waals surface area contributed by atoms with Gasteiger partial charge in [0.05, 0.1) is 13.2 Å². The summed E-state index contributed by atoms with van der Waals surface area (Å²) in [5.74, 6) is 0.948. The van der Waals surface area contributed by atoms with Gasteiger partial charge in [-0.15, -0.1) is 0 Å². The van der Waals surface area contributed by atoms with E-state index >= 15 is 0 Å². The first-order chi connectivity index (χ1) is 8.76. The predicted octanol–water partition coefficient (Wildman–Crippen LogP) is 2.64. The van der Waals surface area contributed by atoms with Crippen molar-refractivity contribution in [2.45, 2.75) is 38.8 Å². The maximum atomic E-state index is 5.79. The average Bonchev–Trinajstić information content (AvgIpc) is 2.43. The number of nitrogens with one attached hydrogen (secondary N) is 1. The maximum Gasteiger partial charge on any atom is 0.122 e. The van der Waals surface area contributed by atoms with E-state index in [0.717, 1.165) is 25.2 Å². The molecular weight excluding hydrogens is 226 g/mol. The predicted molar refractivity (Wildman–Crippen MR) is 75.3 cm³/mol. The average molecular weight is 251 g/mol. The molecule has 0 radical (unpaired) electrons. The summed E-state index contributed by atoms with van der Waals surface area (Å²) in [4.78, 5) is 0. The van der Waals surface area contributed by atoms with E-state index in [9.17, 15) is 0 Å². The van der Waals surface area contributed by atoms with Crippen LogP contribution in [0.4, 0.5) is 0 Å². The highest BCUT2D eigenvalue weighted by Crippen LogP contribution is 2.21. The third-order valence-corrected chi connectivity index (χ3v) is 3.24. The van der Waals surface area contributed by atoms with Crippen LogP contribution in [-0.4, -0.2) is 32.9 Å². The molecule has 2 unspecified atom stereocenters. The number of benzene rings is 1. The molecule has 1 N–H and O–H groups in total. The smallest absolute Gasteiger partial charge is 0.122 e. The van der Waals surface area contributed by atoms with Gasteiger partial charge in [-0.1, -0.05) is 25.1 Å². The van der Waals surface area contributed by atoms with Crippen LogP contribution >= 0.6 is 0 Å². The standard InChI is InChI=1S/C15H25NO2/c1-5-14(18-6-2)13(16-3)11-12-9-7-8-10-15(12)17-4/h7-10,13-14,16H,5-6,11H2,1-4H3. The summed E-state index contributed by atoms with van der Waals surface area (Å²) in [6, 6.07) is 8.47. The zero-order valence-corrected chi connectivity index (χ0v) is 11.9. The molecule has 0 fully saturated rings. The van der Waals surface area contributed by atoms with Crippen molar-refractivity contribution in [1.29, 1.82) is 0 Å². The number of rotatable bonds is 8. The molecule has 0 amide bonds. The lowest BCUT2D eigenvalue weighted by molar-refractivity contribution is 0.0338. The van der Waals surface area contributed by atoms with Crippen LogP contribution in [0.5, 0.6) is 5.75 Å². The van der Waals surface area contributed by atoms with Crippen molar-refractivity contribution < 1.29 is 9.47 Å². The van der Waals surface area contributed by atoms with E-state index in [-0.39, 0.29) is 6.10 Å². The fourth-order valence-electron chi connectivity index (χ4n) is 2.26. The summed E-state index contributed by atoms with van der Waals surface area (Å²) in [6.07, 6.45) is 2.16. The molecule has 0 spiro atoms. The lowest BCUT2D eigenvalue weighted by Gasteiger charge is -2.26. The zero-order chi connectivity index (χ0) is 13.4. The monoisotopic (exact) mass is 251 g/mol. The third kappa shape index (κ3) is 4.00. The number of ether oxygens (including phenoxy) is 2. The van der Waals surface area contributed by atoms with Gasteiger partial charge >= 0.3 is 0 Å². The maximum absolute atomic E-state index is 5.79. The second-order valence-corrected chi connectivity index (χ2v) is 4.31. The first-order valence-electron chi connectivity index (χ1n) is 6.67. The van der Waals surface area contributed by atoms with Gasteiger partial charge in [0.1, 0.15) is 5.75 Å². The Morgan fingerprint density at radius 1 is 1.22 bits per heavy atom. The van der Waals surface area contributed by atoms with Crippen LogP contribution in [0.1, 0.15) is 25.8 Å². The van der Waals surface area contributed by atoms with Crippen LogP contribution in [0.3, 0.4) is 0 Å². The Hall–Kier alpha value is -1.06. The second-order valence-electron chi connectivity index (χ2n) is 4.31. The molecule has 102 valence electrons. The molecule has 2 atom stereocenters. The van der Waals surface area contributed by atoms with Crippen molar-refractivity contribution in [2.24, 2.45) is 0 Å². The second kappa shape index (κ2) is 8.11. The topological polar surface area (TPSA) is 30.5 Å². The summed E-state index contributed by atoms with van der Waals surface area (Å²) in [6.45, 7) is 4.95. The molecule has 0 saturated heterocycles. The van der Waals surface area contributed by atoms with Crippen LogP contribution in [-0.2, 0) is 11.2 Å². The minimum absolute atomic E-state index is 0.241. The largest absolute Gasteiger partial charge is 0.496 e. The van der Waals surface area contributed by atoms with Crippen molar-refractivity contribution >= 4 is 0 Å². The lowest BCUT2D eigenvalue weighted by atomic mass is 9.99. The molecule has 0 aliphatic heterocycles. The van der Waals surface area contributed by atoms with Crippen molar-refractivity contribution in [3.05, 3.63) is 29.8 Å². The molecule has 0 aliphatic carbocycles. The summed E-state index contributed by atoms with van der Waals surface area (Å²) in [7, 11) is 3.70. The van der Waals surface area contributed by atoms with Gasteiger partial charge in [-0.05, 0) is 38.4 Å². The lowest BCUT2D eigenvalue weighted by Crippen LogP contribution is -2.40. The van der Waals surface area contributed by atoms with E-state index in [1.807, 2.05) is 32.2 Å². The van der Waals surface area contributed by atoms with E-state index in [1.165, 1.54) is 5.56 Å². The SMILES string of the molecule is CCOC(CC)C(Cc1ccccc1OC)NC. The van der Waals surface area contributed by atoms with Crippen LogP contribution in [0.2, 0.25) is 0 Å². The Labute approximate surface area is 110 Å². The Balaban J connectivity index is 2.78. The quantitative estimate of drug-likeness (QED) is 0.770. The molecule has 3 heteroatoms. The van der Waals surface area contributed by atoms with E-state index in [1.54, 1.807) is 7.11 Å². The Kier molecular flexibility index (Phi) is 6.76. The number of hydrogen-bond acceptors (Lipinski definition) is 3. The summed E-state index contributed by atoms with van der Waals surface area (Å²) in [5, 5.41) is 3.36.